The van der Waals surface area contributed by atoms with Crippen molar-refractivity contribution in [2.75, 3.05) is 0 Å². The maximum atomic E-state index is 4.47. The van der Waals surface area contributed by atoms with Crippen molar-refractivity contribution < 1.29 is 0 Å². The molecule has 21 heavy (non-hydrogen) atoms. The molecular weight excluding hydrogens is 280 g/mol. The Bertz CT molecular complexity index is 705. The van der Waals surface area contributed by atoms with E-state index >= 15 is 0 Å². The highest BCUT2D eigenvalue weighted by Gasteiger charge is 2.28. The van der Waals surface area contributed by atoms with Crippen molar-refractivity contribution in [1.82, 2.24) is 19.4 Å². The summed E-state index contributed by atoms with van der Waals surface area (Å²) in [6.45, 7) is 2.76. The first-order valence-electron chi connectivity index (χ1n) is 7.06. The lowest BCUT2D eigenvalue weighted by molar-refractivity contribution is 0.129. The lowest BCUT2D eigenvalue weighted by Gasteiger charge is -2.36. The van der Waals surface area contributed by atoms with Crippen molar-refractivity contribution in [3.05, 3.63) is 70.7 Å². The van der Waals surface area contributed by atoms with Crippen molar-refractivity contribution >= 4 is 11.3 Å². The predicted molar refractivity (Wildman–Crippen MR) is 82.8 cm³/mol. The highest BCUT2D eigenvalue weighted by atomic mass is 32.1. The molecule has 106 valence electrons. The van der Waals surface area contributed by atoms with Gasteiger partial charge in [0.2, 0.25) is 0 Å². The molecule has 0 saturated heterocycles. The Morgan fingerprint density at radius 3 is 2.95 bits per heavy atom. The zero-order chi connectivity index (χ0) is 14.1. The molecule has 4 nitrogen and oxygen atoms in total. The monoisotopic (exact) mass is 296 g/mol. The van der Waals surface area contributed by atoms with Gasteiger partial charge in [-0.3, -0.25) is 9.88 Å². The number of hydrogen-bond acceptors (Lipinski definition) is 4. The first-order chi connectivity index (χ1) is 10.4. The summed E-state index contributed by atoms with van der Waals surface area (Å²) in [5.41, 5.74) is 3.26. The molecule has 0 radical (unpaired) electrons. The average molecular weight is 296 g/mol. The molecule has 3 heterocycles. The van der Waals surface area contributed by atoms with Gasteiger partial charge in [-0.15, -0.1) is 11.3 Å². The van der Waals surface area contributed by atoms with Crippen molar-refractivity contribution in [3.8, 4) is 0 Å². The Kier molecular flexibility index (Phi) is 3.29. The number of imidazole rings is 1. The summed E-state index contributed by atoms with van der Waals surface area (Å²) in [5, 5.41) is 0. The molecule has 1 atom stereocenters. The van der Waals surface area contributed by atoms with Crippen LogP contribution in [0.1, 0.15) is 22.3 Å². The molecule has 0 spiro atoms. The third kappa shape index (κ3) is 2.50. The quantitative estimate of drug-likeness (QED) is 0.745. The zero-order valence-electron chi connectivity index (χ0n) is 11.6. The number of thiazole rings is 1. The van der Waals surface area contributed by atoms with E-state index in [9.17, 15) is 0 Å². The largest absolute Gasteiger partial charge is 0.332 e. The van der Waals surface area contributed by atoms with Crippen LogP contribution in [0.25, 0.3) is 0 Å². The molecule has 3 aromatic rings. The Morgan fingerprint density at radius 1 is 1.24 bits per heavy atom. The highest BCUT2D eigenvalue weighted by Crippen LogP contribution is 2.30. The summed E-state index contributed by atoms with van der Waals surface area (Å²) < 4.78 is 2.26. The van der Waals surface area contributed by atoms with Gasteiger partial charge in [0.05, 0.1) is 18.1 Å². The molecule has 1 unspecified atom stereocenters. The normalized spacial score (nSPS) is 18.6. The predicted octanol–water partition coefficient (Wildman–Crippen LogP) is 3.10. The molecule has 0 aliphatic carbocycles. The summed E-state index contributed by atoms with van der Waals surface area (Å²) in [6, 6.07) is 11.1. The van der Waals surface area contributed by atoms with Crippen molar-refractivity contribution in [3.63, 3.8) is 0 Å². The molecular formula is C16H16N4S. The second-order valence-corrected chi connectivity index (χ2v) is 6.27. The number of nitrogens with zero attached hydrogens (tertiary/aromatic N) is 4. The third-order valence-corrected chi connectivity index (χ3v) is 4.75. The number of fused-ring (bicyclic) bond motifs is 1. The molecule has 0 N–H and O–H groups in total. The first-order valence-corrected chi connectivity index (χ1v) is 7.94. The molecule has 0 fully saturated rings. The minimum Gasteiger partial charge on any atom is -0.332 e. The standard InChI is InChI=1S/C16H16N4S/c1-2-4-13(5-3-1)15-10-19-7-6-18-16(19)11-20(15)9-14-8-17-12-21-14/h1-8,12,15H,9-11H2. The van der Waals surface area contributed by atoms with E-state index in [4.69, 9.17) is 0 Å². The van der Waals surface area contributed by atoms with E-state index < -0.39 is 0 Å². The summed E-state index contributed by atoms with van der Waals surface area (Å²) in [6.07, 6.45) is 5.94. The lowest BCUT2D eigenvalue weighted by Crippen LogP contribution is -2.36. The molecule has 0 bridgehead atoms. The van der Waals surface area contributed by atoms with E-state index in [1.165, 1.54) is 10.4 Å². The van der Waals surface area contributed by atoms with E-state index in [2.05, 4.69) is 56.0 Å². The van der Waals surface area contributed by atoms with Gasteiger partial charge in [0, 0.05) is 36.6 Å². The van der Waals surface area contributed by atoms with Crippen LogP contribution in [0.15, 0.2) is 54.4 Å². The van der Waals surface area contributed by atoms with Crippen LogP contribution in [0.2, 0.25) is 0 Å². The van der Waals surface area contributed by atoms with E-state index in [1.807, 2.05) is 17.9 Å². The lowest BCUT2D eigenvalue weighted by atomic mass is 10.0. The van der Waals surface area contributed by atoms with E-state index in [0.29, 0.717) is 6.04 Å². The smallest absolute Gasteiger partial charge is 0.122 e. The molecule has 1 aromatic carbocycles. The SMILES string of the molecule is c1ccc(C2Cn3ccnc3CN2Cc2cncs2)cc1. The van der Waals surface area contributed by atoms with Crippen molar-refractivity contribution in [2.45, 2.75) is 25.7 Å². The first kappa shape index (κ1) is 12.7. The van der Waals surface area contributed by atoms with Crippen molar-refractivity contribution in [2.24, 2.45) is 0 Å². The number of hydrogen-bond donors (Lipinski definition) is 0. The van der Waals surface area contributed by atoms with Crippen LogP contribution in [0.4, 0.5) is 0 Å². The van der Waals surface area contributed by atoms with Gasteiger partial charge in [0.25, 0.3) is 0 Å². The Balaban J connectivity index is 1.67. The fourth-order valence-corrected chi connectivity index (χ4v) is 3.55. The molecule has 1 aliphatic rings. The summed E-state index contributed by atoms with van der Waals surface area (Å²) in [7, 11) is 0. The molecule has 4 rings (SSSR count). The van der Waals surface area contributed by atoms with Crippen LogP contribution in [0.3, 0.4) is 0 Å². The molecule has 0 amide bonds. The van der Waals surface area contributed by atoms with Gasteiger partial charge in [-0.1, -0.05) is 30.3 Å². The molecule has 5 heteroatoms. The maximum absolute atomic E-state index is 4.47. The van der Waals surface area contributed by atoms with Crippen LogP contribution in [0, 0.1) is 0 Å². The highest BCUT2D eigenvalue weighted by molar-refractivity contribution is 7.09. The van der Waals surface area contributed by atoms with Crippen molar-refractivity contribution in [1.29, 1.82) is 0 Å². The van der Waals surface area contributed by atoms with Gasteiger partial charge >= 0.3 is 0 Å². The van der Waals surface area contributed by atoms with Crippen LogP contribution in [-0.4, -0.2) is 19.4 Å². The number of aromatic nitrogens is 3. The Morgan fingerprint density at radius 2 is 2.14 bits per heavy atom. The summed E-state index contributed by atoms with van der Waals surface area (Å²) in [5.74, 6) is 1.15. The maximum Gasteiger partial charge on any atom is 0.122 e. The number of benzene rings is 1. The molecule has 1 aliphatic heterocycles. The second kappa shape index (κ2) is 5.42. The average Bonchev–Trinajstić information content (AvgIpc) is 3.18. The second-order valence-electron chi connectivity index (χ2n) is 5.30. The van der Waals surface area contributed by atoms with Gasteiger partial charge < -0.3 is 4.57 Å². The van der Waals surface area contributed by atoms with Crippen LogP contribution < -0.4 is 0 Å². The number of rotatable bonds is 3. The molecule has 0 saturated carbocycles. The Labute approximate surface area is 127 Å². The molecule has 2 aromatic heterocycles. The van der Waals surface area contributed by atoms with E-state index in [0.717, 1.165) is 25.5 Å². The fraction of sp³-hybridized carbons (Fsp3) is 0.250. The van der Waals surface area contributed by atoms with Gasteiger partial charge in [-0.2, -0.15) is 0 Å². The third-order valence-electron chi connectivity index (χ3n) is 3.98. The van der Waals surface area contributed by atoms with Gasteiger partial charge in [-0.25, -0.2) is 4.98 Å². The van der Waals surface area contributed by atoms with E-state index in [1.54, 1.807) is 11.3 Å². The zero-order valence-corrected chi connectivity index (χ0v) is 12.4. The van der Waals surface area contributed by atoms with Crippen LogP contribution in [-0.2, 0) is 19.6 Å². The topological polar surface area (TPSA) is 34.0 Å². The summed E-state index contributed by atoms with van der Waals surface area (Å²) >= 11 is 1.72. The van der Waals surface area contributed by atoms with Crippen LogP contribution in [0.5, 0.6) is 0 Å². The van der Waals surface area contributed by atoms with Crippen LogP contribution >= 0.6 is 11.3 Å². The van der Waals surface area contributed by atoms with Gasteiger partial charge in [0.15, 0.2) is 0 Å². The minimum absolute atomic E-state index is 0.384. The van der Waals surface area contributed by atoms with Gasteiger partial charge in [-0.05, 0) is 5.56 Å². The minimum atomic E-state index is 0.384. The van der Waals surface area contributed by atoms with Gasteiger partial charge in [0.1, 0.15) is 5.82 Å². The van der Waals surface area contributed by atoms with E-state index in [-0.39, 0.29) is 0 Å². The Hall–Kier alpha value is -1.98. The summed E-state index contributed by atoms with van der Waals surface area (Å²) in [4.78, 5) is 12.5. The fourth-order valence-electron chi connectivity index (χ4n) is 2.93.